The molecule has 54 valence electrons. The minimum Gasteiger partial charge on any atom is -0.349 e. The number of rotatable bonds is 2. The third kappa shape index (κ3) is 1.92. The van der Waals surface area contributed by atoms with Crippen LogP contribution in [0.3, 0.4) is 0 Å². The second kappa shape index (κ2) is 3.54. The Balaban J connectivity index is 2.24. The van der Waals surface area contributed by atoms with Crippen molar-refractivity contribution in [3.05, 3.63) is 0 Å². The van der Waals surface area contributed by atoms with Crippen LogP contribution < -0.4 is 0 Å². The number of ether oxygens (including phenoxy) is 2. The molecule has 0 saturated carbocycles. The first-order valence-electron chi connectivity index (χ1n) is 3.22. The average molecular weight is 195 g/mol. The van der Waals surface area contributed by atoms with Gasteiger partial charge < -0.3 is 9.47 Å². The fourth-order valence-electron chi connectivity index (χ4n) is 0.778. The van der Waals surface area contributed by atoms with Crippen LogP contribution in [0.5, 0.6) is 0 Å². The van der Waals surface area contributed by atoms with E-state index in [4.69, 9.17) is 9.47 Å². The Bertz CT molecular complexity index is 81.1. The maximum absolute atomic E-state index is 5.24. The molecular weight excluding hydrogens is 184 g/mol. The summed E-state index contributed by atoms with van der Waals surface area (Å²) in [4.78, 5) is 0.361. The normalized spacial score (nSPS) is 24.7. The van der Waals surface area contributed by atoms with Crippen molar-refractivity contribution >= 4 is 15.9 Å². The largest absolute Gasteiger partial charge is 0.349 e. The van der Waals surface area contributed by atoms with E-state index >= 15 is 0 Å². The predicted molar refractivity (Wildman–Crippen MR) is 38.7 cm³/mol. The van der Waals surface area contributed by atoms with Crippen LogP contribution in [-0.4, -0.2) is 24.3 Å². The van der Waals surface area contributed by atoms with Gasteiger partial charge in [0.1, 0.15) is 0 Å². The van der Waals surface area contributed by atoms with Crippen molar-refractivity contribution in [1.82, 2.24) is 0 Å². The summed E-state index contributed by atoms with van der Waals surface area (Å²) in [6, 6.07) is 0. The highest BCUT2D eigenvalue weighted by Crippen LogP contribution is 2.17. The fraction of sp³-hybridized carbons (Fsp3) is 1.00. The van der Waals surface area contributed by atoms with Crippen LogP contribution in [0.25, 0.3) is 0 Å². The van der Waals surface area contributed by atoms with Gasteiger partial charge in [0, 0.05) is 0 Å². The molecule has 0 spiro atoms. The van der Waals surface area contributed by atoms with Gasteiger partial charge in [0.25, 0.3) is 0 Å². The molecule has 0 aromatic carbocycles. The zero-order valence-corrected chi connectivity index (χ0v) is 7.06. The molecule has 0 aliphatic carbocycles. The summed E-state index contributed by atoms with van der Waals surface area (Å²) in [5.74, 6) is 0. The van der Waals surface area contributed by atoms with Gasteiger partial charge in [-0.05, 0) is 6.42 Å². The Morgan fingerprint density at radius 2 is 2.11 bits per heavy atom. The van der Waals surface area contributed by atoms with Gasteiger partial charge in [0.2, 0.25) is 0 Å². The molecular formula is C6H11BrO2. The summed E-state index contributed by atoms with van der Waals surface area (Å²) in [6.45, 7) is 3.59. The molecule has 1 fully saturated rings. The van der Waals surface area contributed by atoms with E-state index in [2.05, 4.69) is 22.9 Å². The second-order valence-electron chi connectivity index (χ2n) is 2.03. The van der Waals surface area contributed by atoms with Gasteiger partial charge in [-0.1, -0.05) is 22.9 Å². The molecule has 0 amide bonds. The molecule has 1 atom stereocenters. The molecule has 0 radical (unpaired) electrons. The maximum Gasteiger partial charge on any atom is 0.170 e. The van der Waals surface area contributed by atoms with Crippen LogP contribution in [0.2, 0.25) is 0 Å². The van der Waals surface area contributed by atoms with Gasteiger partial charge >= 0.3 is 0 Å². The highest BCUT2D eigenvalue weighted by Gasteiger charge is 2.22. The smallest absolute Gasteiger partial charge is 0.170 e. The number of hydrogen-bond acceptors (Lipinski definition) is 2. The first kappa shape index (κ1) is 7.51. The van der Waals surface area contributed by atoms with Crippen molar-refractivity contribution in [2.24, 2.45) is 0 Å². The van der Waals surface area contributed by atoms with Gasteiger partial charge in [-0.25, -0.2) is 0 Å². The molecule has 1 saturated heterocycles. The van der Waals surface area contributed by atoms with Gasteiger partial charge in [-0.3, -0.25) is 0 Å². The Morgan fingerprint density at radius 1 is 1.56 bits per heavy atom. The van der Waals surface area contributed by atoms with Crippen molar-refractivity contribution in [3.8, 4) is 0 Å². The summed E-state index contributed by atoms with van der Waals surface area (Å²) in [5.41, 5.74) is 0. The molecule has 1 unspecified atom stereocenters. The number of halogens is 1. The molecule has 1 heterocycles. The van der Waals surface area contributed by atoms with Crippen molar-refractivity contribution in [1.29, 1.82) is 0 Å². The minimum atomic E-state index is -0.00463. The maximum atomic E-state index is 5.24. The standard InChI is InChI=1S/C6H11BrO2/c1-2-5(7)6-8-3-4-9-6/h5-6H,2-4H2,1H3. The molecule has 1 rings (SSSR count). The highest BCUT2D eigenvalue weighted by atomic mass is 79.9. The van der Waals surface area contributed by atoms with E-state index in [0.717, 1.165) is 19.6 Å². The quantitative estimate of drug-likeness (QED) is 0.622. The lowest BCUT2D eigenvalue weighted by Gasteiger charge is -2.12. The van der Waals surface area contributed by atoms with E-state index in [1.165, 1.54) is 0 Å². The van der Waals surface area contributed by atoms with Crippen molar-refractivity contribution < 1.29 is 9.47 Å². The molecule has 3 heteroatoms. The van der Waals surface area contributed by atoms with Gasteiger partial charge in [0.15, 0.2) is 6.29 Å². The number of alkyl halides is 1. The predicted octanol–water partition coefficient (Wildman–Crippen LogP) is 1.53. The third-order valence-electron chi connectivity index (χ3n) is 1.33. The molecule has 9 heavy (non-hydrogen) atoms. The van der Waals surface area contributed by atoms with Gasteiger partial charge in [-0.15, -0.1) is 0 Å². The Morgan fingerprint density at radius 3 is 2.56 bits per heavy atom. The second-order valence-corrected chi connectivity index (χ2v) is 3.21. The van der Waals surface area contributed by atoms with E-state index in [0.29, 0.717) is 4.83 Å². The average Bonchev–Trinajstić information content (AvgIpc) is 2.37. The third-order valence-corrected chi connectivity index (χ3v) is 2.41. The monoisotopic (exact) mass is 194 g/mol. The van der Waals surface area contributed by atoms with Gasteiger partial charge in [0.05, 0.1) is 18.0 Å². The van der Waals surface area contributed by atoms with Crippen molar-refractivity contribution in [2.45, 2.75) is 24.5 Å². The topological polar surface area (TPSA) is 18.5 Å². The molecule has 1 aliphatic rings. The first-order valence-corrected chi connectivity index (χ1v) is 4.13. The molecule has 0 aromatic rings. The Kier molecular flexibility index (Phi) is 2.95. The minimum absolute atomic E-state index is 0.00463. The highest BCUT2D eigenvalue weighted by molar-refractivity contribution is 9.09. The van der Waals surface area contributed by atoms with Crippen LogP contribution in [-0.2, 0) is 9.47 Å². The summed E-state index contributed by atoms with van der Waals surface area (Å²) in [5, 5.41) is 0. The lowest BCUT2D eigenvalue weighted by Crippen LogP contribution is -2.20. The first-order chi connectivity index (χ1) is 4.34. The summed E-state index contributed by atoms with van der Waals surface area (Å²) in [6.07, 6.45) is 1.04. The Labute approximate surface area is 63.7 Å². The van der Waals surface area contributed by atoms with Crippen molar-refractivity contribution in [3.63, 3.8) is 0 Å². The summed E-state index contributed by atoms with van der Waals surface area (Å²) < 4.78 is 10.5. The lowest BCUT2D eigenvalue weighted by molar-refractivity contribution is -0.0407. The summed E-state index contributed by atoms with van der Waals surface area (Å²) in [7, 11) is 0. The molecule has 2 nitrogen and oxygen atoms in total. The molecule has 1 aliphatic heterocycles. The van der Waals surface area contributed by atoms with E-state index in [1.54, 1.807) is 0 Å². The van der Waals surface area contributed by atoms with E-state index in [1.807, 2.05) is 0 Å². The van der Waals surface area contributed by atoms with Crippen molar-refractivity contribution in [2.75, 3.05) is 13.2 Å². The van der Waals surface area contributed by atoms with Crippen LogP contribution in [0, 0.1) is 0 Å². The SMILES string of the molecule is CCC(Br)C1OCCO1. The van der Waals surface area contributed by atoms with Gasteiger partial charge in [-0.2, -0.15) is 0 Å². The van der Waals surface area contributed by atoms with Crippen LogP contribution in [0.1, 0.15) is 13.3 Å². The van der Waals surface area contributed by atoms with Crippen LogP contribution in [0.15, 0.2) is 0 Å². The summed E-state index contributed by atoms with van der Waals surface area (Å²) >= 11 is 3.45. The van der Waals surface area contributed by atoms with Crippen LogP contribution >= 0.6 is 15.9 Å². The zero-order chi connectivity index (χ0) is 6.69. The Hall–Kier alpha value is 0.400. The van der Waals surface area contributed by atoms with E-state index < -0.39 is 0 Å². The zero-order valence-electron chi connectivity index (χ0n) is 5.47. The fourth-order valence-corrected chi connectivity index (χ4v) is 1.08. The van der Waals surface area contributed by atoms with Crippen LogP contribution in [0.4, 0.5) is 0 Å². The molecule has 0 N–H and O–H groups in total. The molecule has 0 bridgehead atoms. The lowest BCUT2D eigenvalue weighted by atomic mass is 10.3. The molecule has 0 aromatic heterocycles. The van der Waals surface area contributed by atoms with E-state index in [9.17, 15) is 0 Å². The van der Waals surface area contributed by atoms with E-state index in [-0.39, 0.29) is 6.29 Å². The number of hydrogen-bond donors (Lipinski definition) is 0.